The molecule has 130 valence electrons. The van der Waals surface area contributed by atoms with Crippen molar-refractivity contribution in [2.75, 3.05) is 18.5 Å². The SMILES string of the molecule is CC1(c2ccc(Br)cc2)Nc2ccccc2C(=O)N1CC1CCCO1. The van der Waals surface area contributed by atoms with Crippen LogP contribution in [-0.2, 0) is 10.4 Å². The minimum atomic E-state index is -0.613. The molecular formula is C20H21BrN2O2. The molecular weight excluding hydrogens is 380 g/mol. The molecule has 2 unspecified atom stereocenters. The quantitative estimate of drug-likeness (QED) is 0.831. The number of para-hydroxylation sites is 1. The van der Waals surface area contributed by atoms with Crippen molar-refractivity contribution in [2.24, 2.45) is 0 Å². The van der Waals surface area contributed by atoms with Gasteiger partial charge in [-0.1, -0.05) is 40.2 Å². The summed E-state index contributed by atoms with van der Waals surface area (Å²) in [6.45, 7) is 3.44. The highest BCUT2D eigenvalue weighted by Gasteiger charge is 2.43. The zero-order valence-electron chi connectivity index (χ0n) is 14.2. The lowest BCUT2D eigenvalue weighted by atomic mass is 9.93. The second-order valence-corrected chi connectivity index (χ2v) is 7.72. The van der Waals surface area contributed by atoms with Gasteiger partial charge in [-0.05, 0) is 49.6 Å². The third-order valence-electron chi connectivity index (χ3n) is 5.14. The molecule has 2 atom stereocenters. The molecule has 2 heterocycles. The Hall–Kier alpha value is -1.85. The van der Waals surface area contributed by atoms with E-state index < -0.39 is 5.66 Å². The van der Waals surface area contributed by atoms with Crippen LogP contribution in [0.15, 0.2) is 53.0 Å². The van der Waals surface area contributed by atoms with Gasteiger partial charge < -0.3 is 15.0 Å². The molecule has 1 fully saturated rings. The van der Waals surface area contributed by atoms with Crippen molar-refractivity contribution in [2.45, 2.75) is 31.5 Å². The van der Waals surface area contributed by atoms with E-state index in [2.05, 4.69) is 40.3 Å². The maximum absolute atomic E-state index is 13.3. The van der Waals surface area contributed by atoms with E-state index in [9.17, 15) is 4.79 Å². The predicted molar refractivity (Wildman–Crippen MR) is 102 cm³/mol. The lowest BCUT2D eigenvalue weighted by Gasteiger charge is -2.47. The maximum Gasteiger partial charge on any atom is 0.258 e. The lowest BCUT2D eigenvalue weighted by Crippen LogP contribution is -2.57. The summed E-state index contributed by atoms with van der Waals surface area (Å²) in [5, 5.41) is 3.60. The predicted octanol–water partition coefficient (Wildman–Crippen LogP) is 4.37. The van der Waals surface area contributed by atoms with Gasteiger partial charge >= 0.3 is 0 Å². The van der Waals surface area contributed by atoms with E-state index >= 15 is 0 Å². The monoisotopic (exact) mass is 400 g/mol. The average Bonchev–Trinajstić information content (AvgIpc) is 3.12. The zero-order valence-corrected chi connectivity index (χ0v) is 15.8. The van der Waals surface area contributed by atoms with Crippen LogP contribution in [-0.4, -0.2) is 30.1 Å². The van der Waals surface area contributed by atoms with Crippen molar-refractivity contribution in [3.63, 3.8) is 0 Å². The smallest absolute Gasteiger partial charge is 0.258 e. The van der Waals surface area contributed by atoms with Gasteiger partial charge in [-0.25, -0.2) is 0 Å². The summed E-state index contributed by atoms with van der Waals surface area (Å²) in [6.07, 6.45) is 2.17. The summed E-state index contributed by atoms with van der Waals surface area (Å²) < 4.78 is 6.83. The third-order valence-corrected chi connectivity index (χ3v) is 5.67. The molecule has 4 rings (SSSR count). The highest BCUT2D eigenvalue weighted by atomic mass is 79.9. The molecule has 2 aromatic rings. The molecule has 0 bridgehead atoms. The van der Waals surface area contributed by atoms with Crippen LogP contribution in [0.25, 0.3) is 0 Å². The van der Waals surface area contributed by atoms with Crippen LogP contribution in [0.1, 0.15) is 35.7 Å². The normalized spacial score (nSPS) is 25.6. The Balaban J connectivity index is 1.77. The van der Waals surface area contributed by atoms with Crippen molar-refractivity contribution < 1.29 is 9.53 Å². The molecule has 0 spiro atoms. The van der Waals surface area contributed by atoms with Gasteiger partial charge in [-0.15, -0.1) is 0 Å². The van der Waals surface area contributed by atoms with Gasteiger partial charge in [0, 0.05) is 23.3 Å². The largest absolute Gasteiger partial charge is 0.376 e. The minimum absolute atomic E-state index is 0.0512. The van der Waals surface area contributed by atoms with E-state index in [0.29, 0.717) is 6.54 Å². The van der Waals surface area contributed by atoms with Gasteiger partial charge in [0.25, 0.3) is 5.91 Å². The van der Waals surface area contributed by atoms with E-state index in [-0.39, 0.29) is 12.0 Å². The van der Waals surface area contributed by atoms with Crippen molar-refractivity contribution >= 4 is 27.5 Å². The first kappa shape index (κ1) is 16.6. The van der Waals surface area contributed by atoms with Crippen molar-refractivity contribution in [1.29, 1.82) is 0 Å². The topological polar surface area (TPSA) is 41.6 Å². The first-order valence-corrected chi connectivity index (χ1v) is 9.44. The molecule has 0 aromatic heterocycles. The van der Waals surface area contributed by atoms with Crippen LogP contribution < -0.4 is 5.32 Å². The van der Waals surface area contributed by atoms with E-state index in [1.165, 1.54) is 0 Å². The van der Waals surface area contributed by atoms with Gasteiger partial charge in [0.05, 0.1) is 11.7 Å². The number of nitrogens with one attached hydrogen (secondary N) is 1. The standard InChI is InChI=1S/C20H21BrN2O2/c1-20(14-8-10-15(21)11-9-14)22-18-7-3-2-6-17(18)19(24)23(20)13-16-5-4-12-25-16/h2-3,6-11,16,22H,4-5,12-13H2,1H3. The first-order chi connectivity index (χ1) is 12.1. The molecule has 2 aliphatic heterocycles. The number of hydrogen-bond donors (Lipinski definition) is 1. The lowest BCUT2D eigenvalue weighted by molar-refractivity contribution is 0.0242. The van der Waals surface area contributed by atoms with E-state index in [1.54, 1.807) is 0 Å². The molecule has 1 amide bonds. The minimum Gasteiger partial charge on any atom is -0.376 e. The van der Waals surface area contributed by atoms with E-state index in [0.717, 1.165) is 40.7 Å². The third kappa shape index (κ3) is 2.96. The Morgan fingerprint density at radius 2 is 2.00 bits per heavy atom. The Morgan fingerprint density at radius 3 is 2.72 bits per heavy atom. The van der Waals surface area contributed by atoms with Crippen LogP contribution in [0.3, 0.4) is 0 Å². The molecule has 2 aromatic carbocycles. The zero-order chi connectivity index (χ0) is 17.4. The summed E-state index contributed by atoms with van der Waals surface area (Å²) in [6, 6.07) is 15.8. The number of fused-ring (bicyclic) bond motifs is 1. The molecule has 1 saturated heterocycles. The Kier molecular flexibility index (Phi) is 4.29. The van der Waals surface area contributed by atoms with Crippen molar-refractivity contribution in [1.82, 2.24) is 4.90 Å². The van der Waals surface area contributed by atoms with Crippen molar-refractivity contribution in [3.8, 4) is 0 Å². The summed E-state index contributed by atoms with van der Waals surface area (Å²) in [5.74, 6) is 0.0512. The Bertz CT molecular complexity index is 787. The van der Waals surface area contributed by atoms with Gasteiger partial charge in [0.1, 0.15) is 5.66 Å². The molecule has 25 heavy (non-hydrogen) atoms. The number of hydrogen-bond acceptors (Lipinski definition) is 3. The van der Waals surface area contributed by atoms with Gasteiger partial charge in [-0.3, -0.25) is 4.79 Å². The fourth-order valence-electron chi connectivity index (χ4n) is 3.72. The molecule has 4 nitrogen and oxygen atoms in total. The molecule has 1 N–H and O–H groups in total. The number of anilines is 1. The van der Waals surface area contributed by atoms with Crippen LogP contribution in [0.2, 0.25) is 0 Å². The number of benzene rings is 2. The molecule has 0 aliphatic carbocycles. The van der Waals surface area contributed by atoms with Crippen LogP contribution >= 0.6 is 15.9 Å². The number of halogens is 1. The number of amides is 1. The maximum atomic E-state index is 13.3. The number of nitrogens with zero attached hydrogens (tertiary/aromatic N) is 1. The molecule has 0 saturated carbocycles. The van der Waals surface area contributed by atoms with Crippen LogP contribution in [0, 0.1) is 0 Å². The van der Waals surface area contributed by atoms with E-state index in [1.807, 2.05) is 41.3 Å². The Labute approximate surface area is 156 Å². The average molecular weight is 401 g/mol. The second kappa shape index (κ2) is 6.46. The van der Waals surface area contributed by atoms with Gasteiger partial charge in [0.15, 0.2) is 0 Å². The number of ether oxygens (including phenoxy) is 1. The highest BCUT2D eigenvalue weighted by Crippen LogP contribution is 2.38. The van der Waals surface area contributed by atoms with Gasteiger partial charge in [0.2, 0.25) is 0 Å². The summed E-state index contributed by atoms with van der Waals surface area (Å²) in [5.41, 5.74) is 2.03. The van der Waals surface area contributed by atoms with E-state index in [4.69, 9.17) is 4.74 Å². The summed E-state index contributed by atoms with van der Waals surface area (Å²) >= 11 is 3.49. The summed E-state index contributed by atoms with van der Waals surface area (Å²) in [4.78, 5) is 15.2. The first-order valence-electron chi connectivity index (χ1n) is 8.65. The summed E-state index contributed by atoms with van der Waals surface area (Å²) in [7, 11) is 0. The number of rotatable bonds is 3. The molecule has 0 radical (unpaired) electrons. The van der Waals surface area contributed by atoms with Crippen LogP contribution in [0.4, 0.5) is 5.69 Å². The number of carbonyl (C=O) groups excluding carboxylic acids is 1. The molecule has 5 heteroatoms. The highest BCUT2D eigenvalue weighted by molar-refractivity contribution is 9.10. The van der Waals surface area contributed by atoms with Crippen molar-refractivity contribution in [3.05, 3.63) is 64.1 Å². The second-order valence-electron chi connectivity index (χ2n) is 6.80. The van der Waals surface area contributed by atoms with Gasteiger partial charge in [-0.2, -0.15) is 0 Å². The Morgan fingerprint density at radius 1 is 1.24 bits per heavy atom. The fraction of sp³-hybridized carbons (Fsp3) is 0.350. The molecule has 2 aliphatic rings. The fourth-order valence-corrected chi connectivity index (χ4v) is 3.98. The number of carbonyl (C=O) groups is 1. The van der Waals surface area contributed by atoms with Crippen LogP contribution in [0.5, 0.6) is 0 Å².